The molecule has 0 radical (unpaired) electrons. The van der Waals surface area contributed by atoms with E-state index in [2.05, 4.69) is 28.6 Å². The monoisotopic (exact) mass is 262 g/mol. The maximum absolute atomic E-state index is 5.15. The topological polar surface area (TPSA) is 18.5 Å². The van der Waals surface area contributed by atoms with Crippen LogP contribution < -0.4 is 9.47 Å². The molecule has 0 aliphatic heterocycles. The average molecular weight is 263 g/mol. The number of ether oxygens (including phenoxy) is 2. The van der Waals surface area contributed by atoms with E-state index in [1.54, 1.807) is 14.2 Å². The van der Waals surface area contributed by atoms with Gasteiger partial charge in [-0.15, -0.1) is 0 Å². The molecule has 0 aliphatic carbocycles. The minimum Gasteiger partial charge on any atom is -0.493 e. The van der Waals surface area contributed by atoms with E-state index in [1.807, 2.05) is 12.1 Å². The number of hydrogen-bond donors (Lipinski definition) is 1. The molecule has 0 atom stereocenters. The van der Waals surface area contributed by atoms with Gasteiger partial charge >= 0.3 is 0 Å². The minimum atomic E-state index is 0.668. The summed E-state index contributed by atoms with van der Waals surface area (Å²) in [4.78, 5) is 0. The van der Waals surface area contributed by atoms with Gasteiger partial charge in [0.05, 0.1) is 14.2 Å². The Hall–Kier alpha value is -0.350. The van der Waals surface area contributed by atoms with Gasteiger partial charge < -0.3 is 9.47 Å². The molecule has 0 amide bonds. The van der Waals surface area contributed by atoms with Crippen molar-refractivity contribution in [3.8, 4) is 11.5 Å². The first-order valence-corrected chi connectivity index (χ1v) is 5.16. The first kappa shape index (κ1) is 10.7. The summed E-state index contributed by atoms with van der Waals surface area (Å²) in [6.07, 6.45) is 0. The molecule has 0 heterocycles. The van der Waals surface area contributed by atoms with Crippen LogP contribution in [0.1, 0.15) is 5.56 Å². The van der Waals surface area contributed by atoms with Crippen LogP contribution in [0.5, 0.6) is 11.5 Å². The molecule has 0 N–H and O–H groups in total. The van der Waals surface area contributed by atoms with E-state index >= 15 is 0 Å². The van der Waals surface area contributed by atoms with E-state index in [9.17, 15) is 0 Å². The Morgan fingerprint density at radius 3 is 2.23 bits per heavy atom. The summed E-state index contributed by atoms with van der Waals surface area (Å²) in [5.41, 5.74) is 1.08. The van der Waals surface area contributed by atoms with Crippen molar-refractivity contribution in [2.24, 2.45) is 0 Å². The van der Waals surface area contributed by atoms with Crippen molar-refractivity contribution in [2.45, 2.75) is 5.75 Å². The second-order valence-electron chi connectivity index (χ2n) is 2.46. The smallest absolute Gasteiger partial charge is 0.161 e. The van der Waals surface area contributed by atoms with Crippen LogP contribution in [0.15, 0.2) is 16.6 Å². The second-order valence-corrected chi connectivity index (χ2v) is 3.63. The maximum Gasteiger partial charge on any atom is 0.161 e. The standard InChI is InChI=1S/C9H11BrO2S/c1-11-8-3-6(5-13)7(10)4-9(8)12-2/h3-4,13H,5H2,1-2H3. The number of methoxy groups -OCH3 is 2. The Bertz CT molecular complexity index is 302. The summed E-state index contributed by atoms with van der Waals surface area (Å²) in [5, 5.41) is 0. The molecule has 1 aromatic carbocycles. The van der Waals surface area contributed by atoms with Gasteiger partial charge in [-0.25, -0.2) is 0 Å². The molecule has 13 heavy (non-hydrogen) atoms. The molecule has 0 fully saturated rings. The van der Waals surface area contributed by atoms with Crippen LogP contribution in [0.25, 0.3) is 0 Å². The minimum absolute atomic E-state index is 0.668. The van der Waals surface area contributed by atoms with E-state index in [0.717, 1.165) is 21.5 Å². The van der Waals surface area contributed by atoms with Crippen LogP contribution >= 0.6 is 28.6 Å². The van der Waals surface area contributed by atoms with E-state index in [-0.39, 0.29) is 0 Å². The Labute approximate surface area is 91.8 Å². The lowest BCUT2D eigenvalue weighted by Crippen LogP contribution is -1.92. The molecular weight excluding hydrogens is 252 g/mol. The van der Waals surface area contributed by atoms with Gasteiger partial charge in [0.1, 0.15) is 0 Å². The van der Waals surface area contributed by atoms with E-state index in [1.165, 1.54) is 0 Å². The Morgan fingerprint density at radius 2 is 1.77 bits per heavy atom. The fourth-order valence-electron chi connectivity index (χ4n) is 1.02. The summed E-state index contributed by atoms with van der Waals surface area (Å²) >= 11 is 7.63. The highest BCUT2D eigenvalue weighted by atomic mass is 79.9. The van der Waals surface area contributed by atoms with Crippen molar-refractivity contribution in [2.75, 3.05) is 14.2 Å². The summed E-state index contributed by atoms with van der Waals surface area (Å²) in [6, 6.07) is 3.79. The van der Waals surface area contributed by atoms with Crippen LogP contribution in [0.3, 0.4) is 0 Å². The SMILES string of the molecule is COc1cc(Br)c(CS)cc1OC. The first-order valence-electron chi connectivity index (χ1n) is 3.74. The highest BCUT2D eigenvalue weighted by Crippen LogP contribution is 2.33. The van der Waals surface area contributed by atoms with Crippen LogP contribution in [0.4, 0.5) is 0 Å². The highest BCUT2D eigenvalue weighted by molar-refractivity contribution is 9.10. The summed E-state index contributed by atoms with van der Waals surface area (Å²) in [7, 11) is 3.23. The largest absolute Gasteiger partial charge is 0.493 e. The average Bonchev–Trinajstić information content (AvgIpc) is 2.17. The Morgan fingerprint density at radius 1 is 1.23 bits per heavy atom. The zero-order chi connectivity index (χ0) is 9.84. The molecule has 1 aromatic rings. The van der Waals surface area contributed by atoms with Gasteiger partial charge in [0.25, 0.3) is 0 Å². The zero-order valence-electron chi connectivity index (χ0n) is 7.50. The predicted molar refractivity (Wildman–Crippen MR) is 59.9 cm³/mol. The third-order valence-corrected chi connectivity index (χ3v) is 2.80. The van der Waals surface area contributed by atoms with Crippen LogP contribution in [-0.4, -0.2) is 14.2 Å². The van der Waals surface area contributed by atoms with Gasteiger partial charge in [-0.1, -0.05) is 15.9 Å². The quantitative estimate of drug-likeness (QED) is 0.845. The molecular formula is C9H11BrO2S. The van der Waals surface area contributed by atoms with Gasteiger partial charge in [-0.2, -0.15) is 12.6 Å². The molecule has 0 saturated heterocycles. The molecule has 0 saturated carbocycles. The van der Waals surface area contributed by atoms with Crippen molar-refractivity contribution >= 4 is 28.6 Å². The molecule has 2 nitrogen and oxygen atoms in total. The lowest BCUT2D eigenvalue weighted by Gasteiger charge is -2.10. The Balaban J connectivity index is 3.18. The maximum atomic E-state index is 5.15. The Kier molecular flexibility index (Phi) is 3.93. The third kappa shape index (κ3) is 2.31. The summed E-state index contributed by atoms with van der Waals surface area (Å²) in [5.74, 6) is 2.12. The van der Waals surface area contributed by atoms with Crippen molar-refractivity contribution in [1.82, 2.24) is 0 Å². The summed E-state index contributed by atoms with van der Waals surface area (Å²) < 4.78 is 11.3. The third-order valence-electron chi connectivity index (χ3n) is 1.72. The van der Waals surface area contributed by atoms with E-state index < -0.39 is 0 Å². The number of benzene rings is 1. The molecule has 72 valence electrons. The lowest BCUT2D eigenvalue weighted by molar-refractivity contribution is 0.354. The van der Waals surface area contributed by atoms with E-state index in [4.69, 9.17) is 9.47 Å². The lowest BCUT2D eigenvalue weighted by atomic mass is 10.2. The van der Waals surface area contributed by atoms with Gasteiger partial charge in [0, 0.05) is 10.2 Å². The second kappa shape index (κ2) is 4.77. The van der Waals surface area contributed by atoms with Crippen LogP contribution in [0, 0.1) is 0 Å². The number of rotatable bonds is 3. The molecule has 4 heteroatoms. The molecule has 0 aromatic heterocycles. The van der Waals surface area contributed by atoms with Crippen LogP contribution in [-0.2, 0) is 5.75 Å². The predicted octanol–water partition coefficient (Wildman–Crippen LogP) is 2.90. The molecule has 0 spiro atoms. The van der Waals surface area contributed by atoms with Crippen LogP contribution in [0.2, 0.25) is 0 Å². The number of halogens is 1. The van der Waals surface area contributed by atoms with Gasteiger partial charge in [-0.05, 0) is 17.7 Å². The van der Waals surface area contributed by atoms with Gasteiger partial charge in [0.2, 0.25) is 0 Å². The fraction of sp³-hybridized carbons (Fsp3) is 0.333. The normalized spacial score (nSPS) is 9.85. The van der Waals surface area contributed by atoms with Crippen molar-refractivity contribution in [3.63, 3.8) is 0 Å². The highest BCUT2D eigenvalue weighted by Gasteiger charge is 2.07. The van der Waals surface area contributed by atoms with E-state index in [0.29, 0.717) is 5.75 Å². The zero-order valence-corrected chi connectivity index (χ0v) is 9.98. The van der Waals surface area contributed by atoms with Crippen molar-refractivity contribution < 1.29 is 9.47 Å². The first-order chi connectivity index (χ1) is 6.22. The van der Waals surface area contributed by atoms with Crippen molar-refractivity contribution in [3.05, 3.63) is 22.2 Å². The fourth-order valence-corrected chi connectivity index (χ4v) is 1.96. The molecule has 0 bridgehead atoms. The molecule has 0 unspecified atom stereocenters. The number of thiol groups is 1. The molecule has 1 rings (SSSR count). The number of hydrogen-bond acceptors (Lipinski definition) is 3. The summed E-state index contributed by atoms with van der Waals surface area (Å²) in [6.45, 7) is 0. The molecule has 0 aliphatic rings. The van der Waals surface area contributed by atoms with Gasteiger partial charge in [0.15, 0.2) is 11.5 Å². The van der Waals surface area contributed by atoms with Crippen molar-refractivity contribution in [1.29, 1.82) is 0 Å². The van der Waals surface area contributed by atoms with Gasteiger partial charge in [-0.3, -0.25) is 0 Å².